The number of carbonyl (C=O) groups excluding carboxylic acids is 2. The van der Waals surface area contributed by atoms with E-state index in [9.17, 15) is 18.4 Å². The Morgan fingerprint density at radius 3 is 2.55 bits per heavy atom. The minimum Gasteiger partial charge on any atom is -0.444 e. The molecule has 2 aliphatic rings. The van der Waals surface area contributed by atoms with Crippen LogP contribution in [0.15, 0.2) is 36.4 Å². The number of carbonyl (C=O) groups is 2. The number of fused-ring (bicyclic) bond motifs is 3. The van der Waals surface area contributed by atoms with Crippen LogP contribution in [0, 0.1) is 17.8 Å². The molecule has 2 aromatic carbocycles. The van der Waals surface area contributed by atoms with E-state index in [1.807, 2.05) is 62.5 Å². The van der Waals surface area contributed by atoms with E-state index in [0.717, 1.165) is 35.3 Å². The second-order valence-corrected chi connectivity index (χ2v) is 12.0. The average molecular weight is 579 g/mol. The third kappa shape index (κ3) is 6.12. The van der Waals surface area contributed by atoms with Crippen LogP contribution in [0.5, 0.6) is 5.75 Å². The fourth-order valence-electron chi connectivity index (χ4n) is 5.80. The molecule has 10 heteroatoms. The first-order valence-electron chi connectivity index (χ1n) is 14.2. The number of rotatable bonds is 5. The molecule has 1 fully saturated rings. The Labute approximate surface area is 244 Å². The van der Waals surface area contributed by atoms with Gasteiger partial charge in [0.15, 0.2) is 6.29 Å². The highest BCUT2D eigenvalue weighted by Gasteiger charge is 2.39. The Kier molecular flexibility index (Phi) is 8.24. The molecule has 3 aromatic rings. The summed E-state index contributed by atoms with van der Waals surface area (Å²) < 4.78 is 39.1. The molecule has 0 spiro atoms. The van der Waals surface area contributed by atoms with E-state index in [4.69, 9.17) is 14.5 Å². The van der Waals surface area contributed by atoms with Gasteiger partial charge in [-0.2, -0.15) is 8.78 Å². The molecule has 0 saturated carbocycles. The highest BCUT2D eigenvalue weighted by atomic mass is 19.3. The Balaban J connectivity index is 1.45. The lowest BCUT2D eigenvalue weighted by molar-refractivity contribution is -0.0507. The maximum Gasteiger partial charge on any atom is 0.410 e. The number of hydrogen-bond donors (Lipinski definition) is 0. The number of piperidine rings is 1. The van der Waals surface area contributed by atoms with Gasteiger partial charge in [0, 0.05) is 35.7 Å². The third-order valence-electron chi connectivity index (χ3n) is 7.74. The van der Waals surface area contributed by atoms with Crippen molar-refractivity contribution in [2.75, 3.05) is 27.2 Å². The number of halogens is 2. The van der Waals surface area contributed by atoms with Crippen molar-refractivity contribution in [3.63, 3.8) is 0 Å². The quantitative estimate of drug-likeness (QED) is 0.271. The lowest BCUT2D eigenvalue weighted by Crippen LogP contribution is -2.41. The van der Waals surface area contributed by atoms with E-state index >= 15 is 0 Å². The molecule has 0 bridgehead atoms. The molecule has 2 unspecified atom stereocenters. The molecule has 1 amide bonds. The third-order valence-corrected chi connectivity index (χ3v) is 7.74. The fourth-order valence-corrected chi connectivity index (χ4v) is 5.80. The number of aldehydes is 1. The van der Waals surface area contributed by atoms with Gasteiger partial charge < -0.3 is 18.9 Å². The largest absolute Gasteiger partial charge is 0.444 e. The monoisotopic (exact) mass is 578 g/mol. The number of ether oxygens (including phenoxy) is 2. The second kappa shape index (κ2) is 11.7. The van der Waals surface area contributed by atoms with Crippen molar-refractivity contribution >= 4 is 23.4 Å². The van der Waals surface area contributed by atoms with E-state index in [1.165, 1.54) is 6.07 Å². The van der Waals surface area contributed by atoms with E-state index < -0.39 is 18.3 Å². The zero-order chi connectivity index (χ0) is 30.2. The molecule has 3 heterocycles. The van der Waals surface area contributed by atoms with Crippen LogP contribution in [-0.4, -0.2) is 71.1 Å². The van der Waals surface area contributed by atoms with Crippen LogP contribution in [0.2, 0.25) is 0 Å². The zero-order valence-corrected chi connectivity index (χ0v) is 24.6. The molecule has 2 atom stereocenters. The van der Waals surface area contributed by atoms with Crippen molar-refractivity contribution in [3.05, 3.63) is 58.9 Å². The van der Waals surface area contributed by atoms with Gasteiger partial charge in [-0.1, -0.05) is 24.0 Å². The minimum atomic E-state index is -3.02. The summed E-state index contributed by atoms with van der Waals surface area (Å²) in [5.74, 6) is 7.60. The fraction of sp³-hybridized carbons (Fsp3) is 0.469. The van der Waals surface area contributed by atoms with Crippen LogP contribution in [-0.2, 0) is 4.74 Å². The summed E-state index contributed by atoms with van der Waals surface area (Å²) in [5.41, 5.74) is 2.58. The average Bonchev–Trinajstić information content (AvgIpc) is 3.48. The van der Waals surface area contributed by atoms with Crippen LogP contribution in [0.3, 0.4) is 0 Å². The summed E-state index contributed by atoms with van der Waals surface area (Å²) >= 11 is 0. The molecular weight excluding hydrogens is 542 g/mol. The van der Waals surface area contributed by atoms with Crippen molar-refractivity contribution in [2.24, 2.45) is 5.92 Å². The summed E-state index contributed by atoms with van der Waals surface area (Å²) in [4.78, 5) is 33.1. The smallest absolute Gasteiger partial charge is 0.410 e. The van der Waals surface area contributed by atoms with Crippen LogP contribution in [0.25, 0.3) is 11.0 Å². The van der Waals surface area contributed by atoms with Crippen LogP contribution >= 0.6 is 0 Å². The first-order valence-corrected chi connectivity index (χ1v) is 14.2. The number of alkyl halides is 2. The first-order chi connectivity index (χ1) is 19.9. The highest BCUT2D eigenvalue weighted by molar-refractivity contribution is 5.82. The molecule has 8 nitrogen and oxygen atoms in total. The molecule has 0 radical (unpaired) electrons. The SMILES string of the molecule is CN(C)C1CC(c2c(C=O)cccc2OC(F)F)n2c1nc1ccc(C#CC3CCN(C(=O)OC(C)(C)C)CC3)cc12. The normalized spacial score (nSPS) is 19.1. The van der Waals surface area contributed by atoms with E-state index in [2.05, 4.69) is 11.8 Å². The number of imidazole rings is 1. The van der Waals surface area contributed by atoms with Crippen LogP contribution < -0.4 is 4.74 Å². The summed E-state index contributed by atoms with van der Waals surface area (Å²) in [6, 6.07) is 9.92. The van der Waals surface area contributed by atoms with Crippen LogP contribution in [0.1, 0.15) is 79.4 Å². The summed E-state index contributed by atoms with van der Waals surface area (Å²) in [6.45, 7) is 3.74. The molecule has 42 heavy (non-hydrogen) atoms. The van der Waals surface area contributed by atoms with Gasteiger partial charge in [0.25, 0.3) is 0 Å². The second-order valence-electron chi connectivity index (χ2n) is 12.0. The van der Waals surface area contributed by atoms with Gasteiger partial charge in [0.1, 0.15) is 17.2 Å². The van der Waals surface area contributed by atoms with Gasteiger partial charge in [-0.15, -0.1) is 0 Å². The van der Waals surface area contributed by atoms with Gasteiger partial charge in [-0.3, -0.25) is 9.69 Å². The standard InChI is InChI=1S/C32H36F2N4O4/c1-32(2,3)42-31(40)37-15-13-20(14-16-37)9-10-21-11-12-23-24(17-21)38-25(18-26(36(4)5)29(38)35-23)28-22(19-39)7-6-8-27(28)41-30(33)34/h6-8,11-12,17,19-20,25-26,30H,13-16,18H2,1-5H3. The zero-order valence-electron chi connectivity index (χ0n) is 24.6. The van der Waals surface area contributed by atoms with Crippen molar-refractivity contribution < 1.29 is 27.8 Å². The molecular formula is C32H36F2N4O4. The van der Waals surface area contributed by atoms with E-state index in [-0.39, 0.29) is 23.8 Å². The Morgan fingerprint density at radius 1 is 1.17 bits per heavy atom. The molecule has 0 aliphatic carbocycles. The number of hydrogen-bond acceptors (Lipinski definition) is 6. The Bertz CT molecular complexity index is 1540. The van der Waals surface area contributed by atoms with Crippen molar-refractivity contribution in [3.8, 4) is 17.6 Å². The molecule has 1 saturated heterocycles. The molecule has 1 aromatic heterocycles. The van der Waals surface area contributed by atoms with Crippen molar-refractivity contribution in [1.82, 2.24) is 19.4 Å². The lowest BCUT2D eigenvalue weighted by atomic mass is 9.96. The van der Waals surface area contributed by atoms with Gasteiger partial charge >= 0.3 is 12.7 Å². The summed E-state index contributed by atoms with van der Waals surface area (Å²) in [7, 11) is 3.90. The molecule has 2 aliphatic heterocycles. The van der Waals surface area contributed by atoms with Crippen LogP contribution in [0.4, 0.5) is 13.6 Å². The number of aromatic nitrogens is 2. The predicted octanol–water partition coefficient (Wildman–Crippen LogP) is 6.04. The summed E-state index contributed by atoms with van der Waals surface area (Å²) in [5, 5.41) is 0. The number of amides is 1. The lowest BCUT2D eigenvalue weighted by Gasteiger charge is -2.31. The predicted molar refractivity (Wildman–Crippen MR) is 155 cm³/mol. The van der Waals surface area contributed by atoms with Gasteiger partial charge in [0.05, 0.1) is 23.1 Å². The van der Waals surface area contributed by atoms with Crippen molar-refractivity contribution in [2.45, 2.75) is 64.3 Å². The van der Waals surface area contributed by atoms with E-state index in [1.54, 1.807) is 17.0 Å². The topological polar surface area (TPSA) is 76.9 Å². The molecule has 222 valence electrons. The maximum atomic E-state index is 13.4. The van der Waals surface area contributed by atoms with E-state index in [0.29, 0.717) is 36.9 Å². The van der Waals surface area contributed by atoms with Gasteiger partial charge in [-0.05, 0) is 78.4 Å². The molecule has 5 rings (SSSR count). The number of benzene rings is 2. The first kappa shape index (κ1) is 29.5. The molecule has 0 N–H and O–H groups in total. The Hall–Kier alpha value is -3.97. The maximum absolute atomic E-state index is 13.4. The van der Waals surface area contributed by atoms with Crippen molar-refractivity contribution in [1.29, 1.82) is 0 Å². The number of likely N-dealkylation sites (tertiary alicyclic amines) is 1. The Morgan fingerprint density at radius 2 is 1.90 bits per heavy atom. The van der Waals surface area contributed by atoms with Gasteiger partial charge in [-0.25, -0.2) is 9.78 Å². The highest BCUT2D eigenvalue weighted by Crippen LogP contribution is 2.46. The minimum absolute atomic E-state index is 0.0134. The van der Waals surface area contributed by atoms with Gasteiger partial charge in [0.2, 0.25) is 0 Å². The number of nitrogens with zero attached hydrogens (tertiary/aromatic N) is 4. The summed E-state index contributed by atoms with van der Waals surface area (Å²) in [6.07, 6.45) is 2.46.